The van der Waals surface area contributed by atoms with Crippen LogP contribution in [0.3, 0.4) is 0 Å². The van der Waals surface area contributed by atoms with E-state index in [1.54, 1.807) is 7.11 Å². The minimum Gasteiger partial charge on any atom is -0.464 e. The van der Waals surface area contributed by atoms with Gasteiger partial charge in [0.1, 0.15) is 23.7 Å². The summed E-state index contributed by atoms with van der Waals surface area (Å²) in [4.78, 5) is 0. The number of hydrogen-bond acceptors (Lipinski definition) is 2. The summed E-state index contributed by atoms with van der Waals surface area (Å²) in [6, 6.07) is 0. The maximum Gasteiger partial charge on any atom is 0.149 e. The molecule has 0 amide bonds. The van der Waals surface area contributed by atoms with Crippen molar-refractivity contribution in [3.05, 3.63) is 22.1 Å². The van der Waals surface area contributed by atoms with E-state index in [1.807, 2.05) is 0 Å². The molecule has 0 unspecified atom stereocenters. The lowest BCUT2D eigenvalue weighted by Crippen LogP contribution is -1.83. The van der Waals surface area contributed by atoms with Gasteiger partial charge in [-0.15, -0.1) is 0 Å². The van der Waals surface area contributed by atoms with Crippen molar-refractivity contribution in [3.8, 4) is 0 Å². The molecule has 1 heterocycles. The van der Waals surface area contributed by atoms with E-state index in [0.29, 0.717) is 22.4 Å². The highest BCUT2D eigenvalue weighted by molar-refractivity contribution is 6.42. The molecule has 0 saturated carbocycles. The average Bonchev–Trinajstić information content (AvgIpc) is 2.20. The highest BCUT2D eigenvalue weighted by atomic mass is 35.5. The number of ether oxygens (including phenoxy) is 1. The number of hydrogen-bond donors (Lipinski definition) is 0. The Morgan fingerprint density at radius 2 is 2.30 bits per heavy atom. The molecule has 0 radical (unpaired) electrons. The molecule has 56 valence electrons. The van der Waals surface area contributed by atoms with E-state index in [-0.39, 0.29) is 0 Å². The van der Waals surface area contributed by atoms with Crippen molar-refractivity contribution in [2.45, 2.75) is 6.61 Å². The van der Waals surface area contributed by atoms with Crippen LogP contribution in [0.2, 0.25) is 10.0 Å². The summed E-state index contributed by atoms with van der Waals surface area (Å²) in [7, 11) is 1.56. The molecule has 10 heavy (non-hydrogen) atoms. The van der Waals surface area contributed by atoms with Crippen LogP contribution in [0.1, 0.15) is 5.76 Å². The Balaban J connectivity index is 2.83. The highest BCUT2D eigenvalue weighted by Crippen LogP contribution is 2.27. The van der Waals surface area contributed by atoms with Gasteiger partial charge >= 0.3 is 0 Å². The molecule has 4 heteroatoms. The maximum absolute atomic E-state index is 5.68. The predicted octanol–water partition coefficient (Wildman–Crippen LogP) is 2.73. The third kappa shape index (κ3) is 1.45. The Labute approximate surface area is 68.7 Å². The molecule has 0 aliphatic carbocycles. The van der Waals surface area contributed by atoms with Gasteiger partial charge in [-0.1, -0.05) is 23.2 Å². The molecular formula is C6H6Cl2O2. The Hall–Kier alpha value is -0.180. The molecule has 0 aliphatic heterocycles. The first-order chi connectivity index (χ1) is 4.75. The minimum absolute atomic E-state index is 0.353. The van der Waals surface area contributed by atoms with Crippen molar-refractivity contribution in [1.29, 1.82) is 0 Å². The zero-order valence-corrected chi connectivity index (χ0v) is 6.87. The molecular weight excluding hydrogens is 175 g/mol. The van der Waals surface area contributed by atoms with Gasteiger partial charge in [-0.3, -0.25) is 0 Å². The van der Waals surface area contributed by atoms with Crippen LogP contribution >= 0.6 is 23.2 Å². The van der Waals surface area contributed by atoms with E-state index in [4.69, 9.17) is 32.4 Å². The molecule has 1 aromatic rings. The van der Waals surface area contributed by atoms with Gasteiger partial charge < -0.3 is 9.15 Å². The second kappa shape index (κ2) is 3.28. The van der Waals surface area contributed by atoms with Gasteiger partial charge in [-0.25, -0.2) is 0 Å². The Kier molecular flexibility index (Phi) is 2.60. The van der Waals surface area contributed by atoms with Crippen molar-refractivity contribution in [1.82, 2.24) is 0 Å². The van der Waals surface area contributed by atoms with Crippen molar-refractivity contribution in [2.75, 3.05) is 7.11 Å². The van der Waals surface area contributed by atoms with E-state index in [9.17, 15) is 0 Å². The fraction of sp³-hybridized carbons (Fsp3) is 0.333. The van der Waals surface area contributed by atoms with Gasteiger partial charge in [0.25, 0.3) is 0 Å². The van der Waals surface area contributed by atoms with Crippen molar-refractivity contribution in [3.63, 3.8) is 0 Å². The van der Waals surface area contributed by atoms with Crippen LogP contribution in [-0.4, -0.2) is 7.11 Å². The van der Waals surface area contributed by atoms with Gasteiger partial charge in [-0.2, -0.15) is 0 Å². The summed E-state index contributed by atoms with van der Waals surface area (Å²) in [6.45, 7) is 0.353. The quantitative estimate of drug-likeness (QED) is 0.699. The predicted molar refractivity (Wildman–Crippen MR) is 39.4 cm³/mol. The van der Waals surface area contributed by atoms with Crippen LogP contribution in [-0.2, 0) is 11.3 Å². The van der Waals surface area contributed by atoms with Gasteiger partial charge in [0.2, 0.25) is 0 Å². The van der Waals surface area contributed by atoms with Crippen LogP contribution in [0.25, 0.3) is 0 Å². The number of methoxy groups -OCH3 is 1. The lowest BCUT2D eigenvalue weighted by molar-refractivity contribution is 0.164. The first-order valence-electron chi connectivity index (χ1n) is 2.66. The maximum atomic E-state index is 5.68. The fourth-order valence-corrected chi connectivity index (χ4v) is 0.882. The molecule has 0 bridgehead atoms. The van der Waals surface area contributed by atoms with Crippen molar-refractivity contribution in [2.24, 2.45) is 0 Å². The summed E-state index contributed by atoms with van der Waals surface area (Å²) in [6.07, 6.45) is 1.39. The van der Waals surface area contributed by atoms with Crippen LogP contribution in [0.4, 0.5) is 0 Å². The molecule has 0 N–H and O–H groups in total. The SMILES string of the molecule is COCc1occ(Cl)c1Cl. The van der Waals surface area contributed by atoms with E-state index in [0.717, 1.165) is 0 Å². The summed E-state index contributed by atoms with van der Waals surface area (Å²) in [5.74, 6) is 0.564. The zero-order chi connectivity index (χ0) is 7.56. The molecule has 1 aromatic heterocycles. The van der Waals surface area contributed by atoms with Crippen molar-refractivity contribution >= 4 is 23.2 Å². The lowest BCUT2D eigenvalue weighted by atomic mass is 10.5. The largest absolute Gasteiger partial charge is 0.464 e. The lowest BCUT2D eigenvalue weighted by Gasteiger charge is -1.92. The van der Waals surface area contributed by atoms with Gasteiger partial charge in [-0.05, 0) is 0 Å². The standard InChI is InChI=1S/C6H6Cl2O2/c1-9-3-5-6(8)4(7)2-10-5/h2H,3H2,1H3. The van der Waals surface area contributed by atoms with E-state index >= 15 is 0 Å². The van der Waals surface area contributed by atoms with Gasteiger partial charge in [0.05, 0.1) is 5.02 Å². The first-order valence-corrected chi connectivity index (χ1v) is 3.41. The smallest absolute Gasteiger partial charge is 0.149 e. The molecule has 0 aliphatic rings. The van der Waals surface area contributed by atoms with Crippen LogP contribution in [0.15, 0.2) is 10.7 Å². The zero-order valence-electron chi connectivity index (χ0n) is 5.36. The van der Waals surface area contributed by atoms with E-state index < -0.39 is 0 Å². The molecule has 0 spiro atoms. The molecule has 0 fully saturated rings. The first kappa shape index (κ1) is 7.92. The summed E-state index contributed by atoms with van der Waals surface area (Å²) < 4.78 is 9.73. The third-order valence-corrected chi connectivity index (χ3v) is 1.82. The van der Waals surface area contributed by atoms with E-state index in [2.05, 4.69) is 0 Å². The summed E-state index contributed by atoms with van der Waals surface area (Å²) in [5.41, 5.74) is 0. The summed E-state index contributed by atoms with van der Waals surface area (Å²) in [5, 5.41) is 0.859. The fourth-order valence-electron chi connectivity index (χ4n) is 0.588. The summed E-state index contributed by atoms with van der Waals surface area (Å²) >= 11 is 11.3. The number of rotatable bonds is 2. The molecule has 2 nitrogen and oxygen atoms in total. The average molecular weight is 181 g/mol. The molecule has 1 rings (SSSR count). The number of furan rings is 1. The van der Waals surface area contributed by atoms with E-state index in [1.165, 1.54) is 6.26 Å². The Bertz CT molecular complexity index is 220. The molecule has 0 saturated heterocycles. The van der Waals surface area contributed by atoms with Gasteiger partial charge in [0.15, 0.2) is 0 Å². The third-order valence-electron chi connectivity index (χ3n) is 1.03. The second-order valence-electron chi connectivity index (χ2n) is 1.75. The topological polar surface area (TPSA) is 22.4 Å². The molecule has 0 atom stereocenters. The van der Waals surface area contributed by atoms with Crippen LogP contribution in [0.5, 0.6) is 0 Å². The number of halogens is 2. The second-order valence-corrected chi connectivity index (χ2v) is 2.54. The Morgan fingerprint density at radius 3 is 2.70 bits per heavy atom. The molecule has 0 aromatic carbocycles. The van der Waals surface area contributed by atoms with Crippen LogP contribution in [0, 0.1) is 0 Å². The van der Waals surface area contributed by atoms with Gasteiger partial charge in [0, 0.05) is 7.11 Å². The normalized spacial score (nSPS) is 10.3. The van der Waals surface area contributed by atoms with Crippen molar-refractivity contribution < 1.29 is 9.15 Å². The van der Waals surface area contributed by atoms with Crippen LogP contribution < -0.4 is 0 Å². The highest BCUT2D eigenvalue weighted by Gasteiger charge is 2.08. The Morgan fingerprint density at radius 1 is 1.60 bits per heavy atom. The minimum atomic E-state index is 0.353. The monoisotopic (exact) mass is 180 g/mol.